The monoisotopic (exact) mass is 297 g/mol. The summed E-state index contributed by atoms with van der Waals surface area (Å²) in [6, 6.07) is 3.36. The molecule has 1 aromatic heterocycles. The number of hydrogen-bond acceptors (Lipinski definition) is 5. The predicted molar refractivity (Wildman–Crippen MR) is 71.3 cm³/mol. The molecule has 0 aliphatic rings. The molecule has 0 aliphatic carbocycles. The van der Waals surface area contributed by atoms with Gasteiger partial charge in [0.1, 0.15) is 0 Å². The molecule has 114 valence electrons. The predicted octanol–water partition coefficient (Wildman–Crippen LogP) is 2.08. The maximum Gasteiger partial charge on any atom is 0.240 e. The van der Waals surface area contributed by atoms with E-state index in [1.165, 1.54) is 6.07 Å². The molecule has 0 radical (unpaired) electrons. The van der Waals surface area contributed by atoms with E-state index in [2.05, 4.69) is 10.1 Å². The third kappa shape index (κ3) is 4.05. The first kappa shape index (κ1) is 15.5. The smallest absolute Gasteiger partial charge is 0.240 e. The van der Waals surface area contributed by atoms with Crippen LogP contribution in [0.3, 0.4) is 0 Å². The van der Waals surface area contributed by atoms with Crippen molar-refractivity contribution in [2.75, 3.05) is 13.6 Å². The lowest BCUT2D eigenvalue weighted by molar-refractivity contribution is 0.117. The number of aromatic nitrogens is 2. The highest BCUT2D eigenvalue weighted by atomic mass is 19.2. The van der Waals surface area contributed by atoms with Crippen LogP contribution in [0.25, 0.3) is 0 Å². The maximum atomic E-state index is 13.1. The van der Waals surface area contributed by atoms with Crippen molar-refractivity contribution in [2.45, 2.75) is 26.0 Å². The van der Waals surface area contributed by atoms with Gasteiger partial charge in [-0.15, -0.1) is 0 Å². The number of aliphatic hydroxyl groups is 1. The molecule has 0 amide bonds. The van der Waals surface area contributed by atoms with Gasteiger partial charge in [0.05, 0.1) is 12.6 Å². The van der Waals surface area contributed by atoms with Crippen LogP contribution in [0.1, 0.15) is 30.3 Å². The fourth-order valence-corrected chi connectivity index (χ4v) is 1.91. The van der Waals surface area contributed by atoms with Crippen molar-refractivity contribution in [1.29, 1.82) is 0 Å². The lowest BCUT2D eigenvalue weighted by Crippen LogP contribution is -2.24. The van der Waals surface area contributed by atoms with E-state index in [9.17, 15) is 13.9 Å². The topological polar surface area (TPSA) is 62.4 Å². The Morgan fingerprint density at radius 2 is 2.10 bits per heavy atom. The fraction of sp³-hybridized carbons (Fsp3) is 0.429. The standard InChI is InChI=1S/C14H17F2N3O2/c1-3-13-17-14(21-18-13)8-19(2)7-12(20)9-4-5-10(15)11(16)6-9/h4-6,12,20H,3,7-8H2,1-2H3. The minimum absolute atomic E-state index is 0.231. The number of rotatable bonds is 6. The van der Waals surface area contributed by atoms with Gasteiger partial charge in [-0.1, -0.05) is 18.1 Å². The number of aryl methyl sites for hydroxylation is 1. The van der Waals surface area contributed by atoms with E-state index in [1.54, 1.807) is 11.9 Å². The van der Waals surface area contributed by atoms with E-state index in [-0.39, 0.29) is 6.54 Å². The van der Waals surface area contributed by atoms with Crippen molar-refractivity contribution >= 4 is 0 Å². The van der Waals surface area contributed by atoms with Crippen molar-refractivity contribution in [3.63, 3.8) is 0 Å². The zero-order valence-electron chi connectivity index (χ0n) is 11.9. The van der Waals surface area contributed by atoms with E-state index >= 15 is 0 Å². The number of halogens is 2. The summed E-state index contributed by atoms with van der Waals surface area (Å²) in [5.41, 5.74) is 0.320. The summed E-state index contributed by atoms with van der Waals surface area (Å²) in [4.78, 5) is 5.93. The molecular formula is C14H17F2N3O2. The molecule has 1 unspecified atom stereocenters. The summed E-state index contributed by atoms with van der Waals surface area (Å²) < 4.78 is 31.0. The van der Waals surface area contributed by atoms with Crippen LogP contribution < -0.4 is 0 Å². The minimum Gasteiger partial charge on any atom is -0.387 e. The lowest BCUT2D eigenvalue weighted by atomic mass is 10.1. The Morgan fingerprint density at radius 1 is 1.33 bits per heavy atom. The van der Waals surface area contributed by atoms with E-state index < -0.39 is 17.7 Å². The third-order valence-electron chi connectivity index (χ3n) is 3.04. The van der Waals surface area contributed by atoms with Crippen molar-refractivity contribution in [1.82, 2.24) is 15.0 Å². The van der Waals surface area contributed by atoms with E-state index in [0.717, 1.165) is 12.1 Å². The van der Waals surface area contributed by atoms with Gasteiger partial charge < -0.3 is 9.63 Å². The summed E-state index contributed by atoms with van der Waals surface area (Å²) in [6.45, 7) is 2.52. The first-order valence-electron chi connectivity index (χ1n) is 6.62. The van der Waals surface area contributed by atoms with Gasteiger partial charge in [-0.3, -0.25) is 4.90 Å². The Morgan fingerprint density at radius 3 is 2.71 bits per heavy atom. The second kappa shape index (κ2) is 6.73. The van der Waals surface area contributed by atoms with Crippen LogP contribution in [-0.4, -0.2) is 33.7 Å². The number of benzene rings is 1. The molecule has 0 bridgehead atoms. The lowest BCUT2D eigenvalue weighted by Gasteiger charge is -2.19. The molecule has 5 nitrogen and oxygen atoms in total. The number of hydrogen-bond donors (Lipinski definition) is 1. The summed E-state index contributed by atoms with van der Waals surface area (Å²) >= 11 is 0. The molecule has 0 saturated carbocycles. The van der Waals surface area contributed by atoms with Gasteiger partial charge >= 0.3 is 0 Å². The summed E-state index contributed by atoms with van der Waals surface area (Å²) in [5, 5.41) is 13.8. The van der Waals surface area contributed by atoms with Gasteiger partial charge in [-0.2, -0.15) is 4.98 Å². The van der Waals surface area contributed by atoms with E-state index in [1.807, 2.05) is 6.92 Å². The number of likely N-dealkylation sites (N-methyl/N-ethyl adjacent to an activating group) is 1. The van der Waals surface area contributed by atoms with E-state index in [4.69, 9.17) is 4.52 Å². The van der Waals surface area contributed by atoms with Crippen LogP contribution in [0.4, 0.5) is 8.78 Å². The van der Waals surface area contributed by atoms with Crippen LogP contribution in [0.15, 0.2) is 22.7 Å². The van der Waals surface area contributed by atoms with Gasteiger partial charge in [0.15, 0.2) is 17.5 Å². The molecule has 21 heavy (non-hydrogen) atoms. The van der Waals surface area contributed by atoms with Crippen molar-refractivity contribution in [3.8, 4) is 0 Å². The molecule has 0 fully saturated rings. The van der Waals surface area contributed by atoms with Crippen molar-refractivity contribution in [3.05, 3.63) is 47.1 Å². The van der Waals surface area contributed by atoms with Crippen LogP contribution in [0, 0.1) is 11.6 Å². The highest BCUT2D eigenvalue weighted by molar-refractivity contribution is 5.20. The maximum absolute atomic E-state index is 13.1. The Labute approximate surface area is 121 Å². The SMILES string of the molecule is CCc1noc(CN(C)CC(O)c2ccc(F)c(F)c2)n1. The van der Waals surface area contributed by atoms with Crippen LogP contribution >= 0.6 is 0 Å². The highest BCUT2D eigenvalue weighted by Gasteiger charge is 2.15. The normalized spacial score (nSPS) is 12.9. The molecule has 1 aromatic carbocycles. The van der Waals surface area contributed by atoms with Crippen LogP contribution in [-0.2, 0) is 13.0 Å². The molecule has 2 aromatic rings. The summed E-state index contributed by atoms with van der Waals surface area (Å²) in [6.07, 6.45) is -0.247. The molecule has 0 saturated heterocycles. The van der Waals surface area contributed by atoms with Crippen molar-refractivity contribution in [2.24, 2.45) is 0 Å². The van der Waals surface area contributed by atoms with Gasteiger partial charge in [-0.05, 0) is 24.7 Å². The molecule has 2 rings (SSSR count). The molecule has 7 heteroatoms. The third-order valence-corrected chi connectivity index (χ3v) is 3.04. The molecule has 0 aliphatic heterocycles. The molecule has 1 heterocycles. The first-order valence-corrected chi connectivity index (χ1v) is 6.62. The Bertz CT molecular complexity index is 604. The average molecular weight is 297 g/mol. The molecule has 1 N–H and O–H groups in total. The first-order chi connectivity index (χ1) is 9.99. The van der Waals surface area contributed by atoms with Gasteiger partial charge in [-0.25, -0.2) is 8.78 Å². The second-order valence-corrected chi connectivity index (χ2v) is 4.84. The largest absolute Gasteiger partial charge is 0.387 e. The fourth-order valence-electron chi connectivity index (χ4n) is 1.91. The second-order valence-electron chi connectivity index (χ2n) is 4.84. The van der Waals surface area contributed by atoms with Gasteiger partial charge in [0, 0.05) is 13.0 Å². The minimum atomic E-state index is -0.973. The number of nitrogens with zero attached hydrogens (tertiary/aromatic N) is 3. The molecule has 1 atom stereocenters. The Kier molecular flexibility index (Phi) is 4.98. The van der Waals surface area contributed by atoms with E-state index in [0.29, 0.717) is 30.2 Å². The molecular weight excluding hydrogens is 280 g/mol. The zero-order chi connectivity index (χ0) is 15.4. The molecule has 0 spiro atoms. The van der Waals surface area contributed by atoms with Crippen LogP contribution in [0.2, 0.25) is 0 Å². The Hall–Kier alpha value is -1.86. The summed E-state index contributed by atoms with van der Waals surface area (Å²) in [7, 11) is 1.76. The Balaban J connectivity index is 1.94. The van der Waals surface area contributed by atoms with Crippen molar-refractivity contribution < 1.29 is 18.4 Å². The van der Waals surface area contributed by atoms with Gasteiger partial charge in [0.2, 0.25) is 5.89 Å². The number of aliphatic hydroxyl groups excluding tert-OH is 1. The quantitative estimate of drug-likeness (QED) is 0.884. The van der Waals surface area contributed by atoms with Gasteiger partial charge in [0.25, 0.3) is 0 Å². The highest BCUT2D eigenvalue weighted by Crippen LogP contribution is 2.17. The zero-order valence-corrected chi connectivity index (χ0v) is 11.9. The van der Waals surface area contributed by atoms with Crippen LogP contribution in [0.5, 0.6) is 0 Å². The average Bonchev–Trinajstić information content (AvgIpc) is 2.89. The summed E-state index contributed by atoms with van der Waals surface area (Å²) in [5.74, 6) is -0.831.